The van der Waals surface area contributed by atoms with Gasteiger partial charge in [-0.15, -0.1) is 0 Å². The van der Waals surface area contributed by atoms with Gasteiger partial charge in [-0.2, -0.15) is 0 Å². The minimum absolute atomic E-state index is 0.00900. The summed E-state index contributed by atoms with van der Waals surface area (Å²) in [6, 6.07) is -0.00867. The molecule has 0 aromatic carbocycles. The van der Waals surface area contributed by atoms with E-state index >= 15 is 0 Å². The third-order valence-electron chi connectivity index (χ3n) is 4.41. The third kappa shape index (κ3) is 2.68. The molecule has 0 aromatic heterocycles. The van der Waals surface area contributed by atoms with Gasteiger partial charge in [0, 0.05) is 6.04 Å². The molecule has 2 rings (SSSR count). The Kier molecular flexibility index (Phi) is 4.25. The maximum Gasteiger partial charge on any atom is 0.242 e. The van der Waals surface area contributed by atoms with Crippen LogP contribution in [0.1, 0.15) is 52.4 Å². The molecule has 2 aliphatic rings. The van der Waals surface area contributed by atoms with Crippen molar-refractivity contribution in [2.45, 2.75) is 64.5 Å². The Labute approximate surface area is 109 Å². The number of piperazine rings is 1. The van der Waals surface area contributed by atoms with Crippen molar-refractivity contribution in [1.29, 1.82) is 0 Å². The molecule has 0 aromatic rings. The average Bonchev–Trinajstić information content (AvgIpc) is 2.37. The molecule has 1 heterocycles. The normalized spacial score (nSPS) is 33.4. The highest BCUT2D eigenvalue weighted by Gasteiger charge is 2.37. The molecule has 0 bridgehead atoms. The molecule has 1 aliphatic carbocycles. The lowest BCUT2D eigenvalue weighted by Gasteiger charge is -2.42. The Bertz CT molecular complexity index is 322. The van der Waals surface area contributed by atoms with Crippen LogP contribution in [0.25, 0.3) is 0 Å². The molecular weight excluding hydrogens is 228 g/mol. The van der Waals surface area contributed by atoms with E-state index in [1.165, 1.54) is 25.7 Å². The highest BCUT2D eigenvalue weighted by Crippen LogP contribution is 2.31. The second-order valence-corrected chi connectivity index (χ2v) is 5.66. The Balaban J connectivity index is 1.95. The molecule has 1 saturated carbocycles. The molecule has 1 atom stereocenters. The molecule has 102 valence electrons. The lowest BCUT2D eigenvalue weighted by Crippen LogP contribution is -2.60. The van der Waals surface area contributed by atoms with Gasteiger partial charge in [-0.1, -0.05) is 19.8 Å². The molecule has 1 N–H and O–H groups in total. The number of nitrogens with zero attached hydrogens (tertiary/aromatic N) is 1. The smallest absolute Gasteiger partial charge is 0.242 e. The molecule has 2 fully saturated rings. The Morgan fingerprint density at radius 3 is 2.50 bits per heavy atom. The van der Waals surface area contributed by atoms with Gasteiger partial charge in [0.05, 0.1) is 6.54 Å². The topological polar surface area (TPSA) is 49.4 Å². The Hall–Kier alpha value is -1.06. The molecule has 4 heteroatoms. The minimum atomic E-state index is -0.293. The van der Waals surface area contributed by atoms with Crippen molar-refractivity contribution < 1.29 is 9.59 Å². The highest BCUT2D eigenvalue weighted by molar-refractivity contribution is 5.94. The summed E-state index contributed by atoms with van der Waals surface area (Å²) in [6.45, 7) is 4.25. The quantitative estimate of drug-likeness (QED) is 0.831. The molecule has 0 radical (unpaired) electrons. The van der Waals surface area contributed by atoms with Crippen molar-refractivity contribution in [1.82, 2.24) is 10.2 Å². The summed E-state index contributed by atoms with van der Waals surface area (Å²) in [5.41, 5.74) is 0. The summed E-state index contributed by atoms with van der Waals surface area (Å²) in [5, 5.41) is 2.65. The zero-order valence-electron chi connectivity index (χ0n) is 11.4. The maximum atomic E-state index is 12.0. The first-order chi connectivity index (χ1) is 8.63. The van der Waals surface area contributed by atoms with E-state index in [2.05, 4.69) is 12.2 Å². The molecule has 0 spiro atoms. The molecule has 2 amide bonds. The molecule has 18 heavy (non-hydrogen) atoms. The number of hydrogen-bond donors (Lipinski definition) is 1. The van der Waals surface area contributed by atoms with E-state index in [0.29, 0.717) is 0 Å². The van der Waals surface area contributed by atoms with E-state index in [9.17, 15) is 9.59 Å². The summed E-state index contributed by atoms with van der Waals surface area (Å²) in [4.78, 5) is 25.5. The zero-order chi connectivity index (χ0) is 13.1. The molecule has 1 unspecified atom stereocenters. The van der Waals surface area contributed by atoms with Crippen molar-refractivity contribution in [3.8, 4) is 0 Å². The average molecular weight is 252 g/mol. The van der Waals surface area contributed by atoms with Gasteiger partial charge >= 0.3 is 0 Å². The fraction of sp³-hybridized carbons (Fsp3) is 0.857. The van der Waals surface area contributed by atoms with E-state index < -0.39 is 0 Å². The van der Waals surface area contributed by atoms with Crippen LogP contribution in [0.4, 0.5) is 0 Å². The predicted octanol–water partition coefficient (Wildman–Crippen LogP) is 1.69. The van der Waals surface area contributed by atoms with E-state index in [1.807, 2.05) is 11.8 Å². The molecular formula is C14H24N2O2. The van der Waals surface area contributed by atoms with Crippen molar-refractivity contribution >= 4 is 11.8 Å². The second kappa shape index (κ2) is 5.72. The summed E-state index contributed by atoms with van der Waals surface area (Å²) in [5.74, 6) is 0.904. The molecule has 1 saturated heterocycles. The van der Waals surface area contributed by atoms with Gasteiger partial charge in [-0.05, 0) is 38.5 Å². The van der Waals surface area contributed by atoms with Crippen LogP contribution < -0.4 is 5.32 Å². The van der Waals surface area contributed by atoms with Gasteiger partial charge in [0.25, 0.3) is 0 Å². The highest BCUT2D eigenvalue weighted by atomic mass is 16.2. The van der Waals surface area contributed by atoms with Crippen molar-refractivity contribution in [3.63, 3.8) is 0 Å². The van der Waals surface area contributed by atoms with Crippen LogP contribution in [0.5, 0.6) is 0 Å². The number of hydrogen-bond acceptors (Lipinski definition) is 2. The van der Waals surface area contributed by atoms with Gasteiger partial charge in [0.15, 0.2) is 0 Å². The van der Waals surface area contributed by atoms with E-state index in [1.54, 1.807) is 0 Å². The third-order valence-corrected chi connectivity index (χ3v) is 4.41. The summed E-state index contributed by atoms with van der Waals surface area (Å²) in [6.07, 6.45) is 7.09. The van der Waals surface area contributed by atoms with Crippen molar-refractivity contribution in [2.24, 2.45) is 5.92 Å². The van der Waals surface area contributed by atoms with Crippen LogP contribution in [-0.2, 0) is 9.59 Å². The first-order valence-corrected chi connectivity index (χ1v) is 7.22. The Morgan fingerprint density at radius 1 is 1.22 bits per heavy atom. The summed E-state index contributed by atoms with van der Waals surface area (Å²) >= 11 is 0. The van der Waals surface area contributed by atoms with Gasteiger partial charge in [-0.3, -0.25) is 9.59 Å². The largest absolute Gasteiger partial charge is 0.345 e. The number of rotatable bonds is 3. The van der Waals surface area contributed by atoms with Crippen LogP contribution in [0.15, 0.2) is 0 Å². The lowest BCUT2D eigenvalue weighted by atomic mass is 9.82. The number of amides is 2. The van der Waals surface area contributed by atoms with Gasteiger partial charge in [0.2, 0.25) is 11.8 Å². The second-order valence-electron chi connectivity index (χ2n) is 5.66. The predicted molar refractivity (Wildman–Crippen MR) is 70.0 cm³/mol. The molecule has 4 nitrogen and oxygen atoms in total. The maximum absolute atomic E-state index is 12.0. The summed E-state index contributed by atoms with van der Waals surface area (Å²) < 4.78 is 0. The van der Waals surface area contributed by atoms with Gasteiger partial charge in [0.1, 0.15) is 6.04 Å². The fourth-order valence-electron chi connectivity index (χ4n) is 3.38. The lowest BCUT2D eigenvalue weighted by molar-refractivity contribution is -0.148. The number of nitrogens with one attached hydrogen (secondary N) is 1. The standard InChI is InChI=1S/C14H24N2O2/c1-3-4-11-5-7-12(8-6-11)16-10(2)14(18)15-9-13(16)17/h10-12H,3-9H2,1-2H3,(H,15,18). The Morgan fingerprint density at radius 2 is 1.89 bits per heavy atom. The van der Waals surface area contributed by atoms with Crippen molar-refractivity contribution in [3.05, 3.63) is 0 Å². The van der Waals surface area contributed by atoms with E-state index in [4.69, 9.17) is 0 Å². The van der Waals surface area contributed by atoms with Crippen LogP contribution in [0.2, 0.25) is 0 Å². The molecule has 1 aliphatic heterocycles. The number of carbonyl (C=O) groups is 2. The first-order valence-electron chi connectivity index (χ1n) is 7.22. The number of carbonyl (C=O) groups excluding carboxylic acids is 2. The zero-order valence-corrected chi connectivity index (χ0v) is 11.4. The van der Waals surface area contributed by atoms with E-state index in [0.717, 1.165) is 18.8 Å². The van der Waals surface area contributed by atoms with Gasteiger partial charge in [-0.25, -0.2) is 0 Å². The minimum Gasteiger partial charge on any atom is -0.345 e. The first kappa shape index (κ1) is 13.4. The van der Waals surface area contributed by atoms with Crippen molar-refractivity contribution in [2.75, 3.05) is 6.54 Å². The van der Waals surface area contributed by atoms with E-state index in [-0.39, 0.29) is 30.4 Å². The summed E-state index contributed by atoms with van der Waals surface area (Å²) in [7, 11) is 0. The fourth-order valence-corrected chi connectivity index (χ4v) is 3.38. The SMILES string of the molecule is CCCC1CCC(N2C(=O)CNC(=O)C2C)CC1. The van der Waals surface area contributed by atoms with Crippen LogP contribution in [-0.4, -0.2) is 35.3 Å². The van der Waals surface area contributed by atoms with Crippen LogP contribution in [0.3, 0.4) is 0 Å². The monoisotopic (exact) mass is 252 g/mol. The van der Waals surface area contributed by atoms with Crippen LogP contribution >= 0.6 is 0 Å². The van der Waals surface area contributed by atoms with Crippen LogP contribution in [0, 0.1) is 5.92 Å². The van der Waals surface area contributed by atoms with Gasteiger partial charge < -0.3 is 10.2 Å².